The summed E-state index contributed by atoms with van der Waals surface area (Å²) in [5, 5.41) is 0. The Hall–Kier alpha value is -2.34. The molecule has 0 saturated heterocycles. The Labute approximate surface area is 204 Å². The molecule has 0 aliphatic rings. The lowest BCUT2D eigenvalue weighted by atomic mass is 9.83. The van der Waals surface area contributed by atoms with Crippen LogP contribution in [0.2, 0.25) is 0 Å². The van der Waals surface area contributed by atoms with Crippen molar-refractivity contribution in [1.29, 1.82) is 0 Å². The van der Waals surface area contributed by atoms with Crippen LogP contribution in [-0.4, -0.2) is 49.3 Å². The van der Waals surface area contributed by atoms with E-state index in [2.05, 4.69) is 0 Å². The minimum Gasteiger partial charge on any atom is -0.282 e. The highest BCUT2D eigenvalue weighted by atomic mass is 32.2. The second-order valence-corrected chi connectivity index (χ2v) is 8.67. The number of hydrogen-bond donors (Lipinski definition) is 1. The summed E-state index contributed by atoms with van der Waals surface area (Å²) >= 11 is 0. The molecule has 0 radical (unpaired) electrons. The van der Waals surface area contributed by atoms with Crippen LogP contribution >= 0.6 is 0 Å². The van der Waals surface area contributed by atoms with E-state index < -0.39 is 97.9 Å². The van der Waals surface area contributed by atoms with Crippen LogP contribution in [-0.2, 0) is 27.9 Å². The molecule has 25 heteroatoms. The highest BCUT2D eigenvalue weighted by Crippen LogP contribution is 2.62. The van der Waals surface area contributed by atoms with Gasteiger partial charge < -0.3 is 0 Å². The molecule has 0 aliphatic carbocycles. The minimum absolute atomic E-state index is 1.54. The standard InChI is InChI=1S/C15H3F21O3S/c16-7(17,10(22,23)13(28,29)30)3-1-2-4(40(37,38)39)6(9(20,21)12(26,27)15(34,35)36)5(3)8(18,19)11(24,25)14(31,32)33/h1-2H,(H,37,38,39). The Morgan fingerprint density at radius 3 is 1.00 bits per heavy atom. The summed E-state index contributed by atoms with van der Waals surface area (Å²) in [7, 11) is -7.21. The van der Waals surface area contributed by atoms with E-state index >= 15 is 0 Å². The molecular weight excluding hydrogens is 659 g/mol. The first kappa shape index (κ1) is 35.7. The van der Waals surface area contributed by atoms with E-state index in [4.69, 9.17) is 4.55 Å². The van der Waals surface area contributed by atoms with Gasteiger partial charge in [0.05, 0.1) is 5.56 Å². The summed E-state index contributed by atoms with van der Waals surface area (Å²) in [4.78, 5) is -3.73. The number of rotatable bonds is 7. The topological polar surface area (TPSA) is 54.4 Å². The van der Waals surface area contributed by atoms with Gasteiger partial charge in [0.15, 0.2) is 0 Å². The van der Waals surface area contributed by atoms with Crippen LogP contribution in [0.4, 0.5) is 92.2 Å². The summed E-state index contributed by atoms with van der Waals surface area (Å²) in [6, 6.07) is -3.30. The van der Waals surface area contributed by atoms with Crippen LogP contribution in [0.15, 0.2) is 17.0 Å². The van der Waals surface area contributed by atoms with Gasteiger partial charge in [-0.1, -0.05) is 6.07 Å². The van der Waals surface area contributed by atoms with Gasteiger partial charge in [-0.15, -0.1) is 0 Å². The largest absolute Gasteiger partial charge is 0.460 e. The molecule has 0 unspecified atom stereocenters. The molecule has 3 nitrogen and oxygen atoms in total. The van der Waals surface area contributed by atoms with E-state index in [9.17, 15) is 101 Å². The van der Waals surface area contributed by atoms with Gasteiger partial charge in [-0.25, -0.2) is 0 Å². The van der Waals surface area contributed by atoms with Crippen LogP contribution in [0, 0.1) is 0 Å². The van der Waals surface area contributed by atoms with E-state index in [0.717, 1.165) is 0 Å². The Morgan fingerprint density at radius 2 is 0.725 bits per heavy atom. The van der Waals surface area contributed by atoms with Gasteiger partial charge in [-0.05, 0) is 6.07 Å². The predicted molar refractivity (Wildman–Crippen MR) is 80.9 cm³/mol. The molecule has 0 bridgehead atoms. The molecule has 0 saturated carbocycles. The summed E-state index contributed by atoms with van der Waals surface area (Å²) in [5.41, 5.74) is -14.7. The molecular formula is C15H3F21O3S. The van der Waals surface area contributed by atoms with Crippen LogP contribution < -0.4 is 0 Å². The molecule has 1 N–H and O–H groups in total. The third-order valence-electron chi connectivity index (χ3n) is 4.66. The van der Waals surface area contributed by atoms with Gasteiger partial charge in [0.2, 0.25) is 0 Å². The third-order valence-corrected chi connectivity index (χ3v) is 5.56. The molecule has 1 rings (SSSR count). The van der Waals surface area contributed by atoms with Crippen molar-refractivity contribution in [2.45, 2.75) is 59.0 Å². The molecule has 234 valence electrons. The normalized spacial score (nSPS) is 15.9. The van der Waals surface area contributed by atoms with Crippen molar-refractivity contribution in [3.8, 4) is 0 Å². The third kappa shape index (κ3) is 4.99. The molecule has 0 fully saturated rings. The minimum atomic E-state index is -8.30. The fraction of sp³-hybridized carbons (Fsp3) is 0.600. The van der Waals surface area contributed by atoms with Crippen molar-refractivity contribution >= 4 is 10.1 Å². The maximum Gasteiger partial charge on any atom is 0.460 e. The Bertz CT molecular complexity index is 1240. The van der Waals surface area contributed by atoms with Gasteiger partial charge >= 0.3 is 54.1 Å². The van der Waals surface area contributed by atoms with Gasteiger partial charge in [0, 0.05) is 11.1 Å². The van der Waals surface area contributed by atoms with Gasteiger partial charge in [0.25, 0.3) is 10.1 Å². The summed E-state index contributed by atoms with van der Waals surface area (Å²) < 4.78 is 312. The second-order valence-electron chi connectivity index (χ2n) is 7.28. The maximum absolute atomic E-state index is 14.5. The molecule has 0 amide bonds. The number of alkyl halides is 21. The second kappa shape index (κ2) is 9.08. The van der Waals surface area contributed by atoms with Crippen LogP contribution in [0.25, 0.3) is 0 Å². The van der Waals surface area contributed by atoms with Crippen LogP contribution in [0.3, 0.4) is 0 Å². The smallest absolute Gasteiger partial charge is 0.282 e. The van der Waals surface area contributed by atoms with Crippen LogP contribution in [0.5, 0.6) is 0 Å². The van der Waals surface area contributed by atoms with E-state index in [1.165, 1.54) is 0 Å². The van der Waals surface area contributed by atoms with Crippen molar-refractivity contribution in [3.05, 3.63) is 28.8 Å². The Morgan fingerprint density at radius 1 is 0.450 bits per heavy atom. The highest BCUT2D eigenvalue weighted by Gasteiger charge is 2.81. The van der Waals surface area contributed by atoms with Crippen molar-refractivity contribution in [3.63, 3.8) is 0 Å². The summed E-state index contributed by atoms with van der Waals surface area (Å²) in [6.45, 7) is 0. The number of benzene rings is 1. The fourth-order valence-electron chi connectivity index (χ4n) is 2.72. The summed E-state index contributed by atoms with van der Waals surface area (Å²) in [6.07, 6.45) is -23.7. The molecule has 1 aromatic rings. The van der Waals surface area contributed by atoms with Gasteiger partial charge in [-0.3, -0.25) is 4.55 Å². The summed E-state index contributed by atoms with van der Waals surface area (Å²) in [5.74, 6) is -48.7. The number of halogens is 21. The van der Waals surface area contributed by atoms with Crippen molar-refractivity contribution in [1.82, 2.24) is 0 Å². The molecule has 1 aromatic carbocycles. The monoisotopic (exact) mass is 662 g/mol. The SMILES string of the molecule is O=S(=O)(O)c1ccc(C(F)(F)C(F)(F)C(F)(F)F)c(C(F)(F)C(F)(F)C(F)(F)F)c1C(F)(F)C(F)(F)C(F)(F)F. The molecule has 40 heavy (non-hydrogen) atoms. The highest BCUT2D eigenvalue weighted by molar-refractivity contribution is 7.85. The predicted octanol–water partition coefficient (Wildman–Crippen LogP) is 7.80. The lowest BCUT2D eigenvalue weighted by molar-refractivity contribution is -0.371. The zero-order valence-electron chi connectivity index (χ0n) is 17.3. The maximum atomic E-state index is 14.5. The van der Waals surface area contributed by atoms with Crippen LogP contribution in [0.1, 0.15) is 16.7 Å². The molecule has 0 spiro atoms. The molecule has 0 atom stereocenters. The van der Waals surface area contributed by atoms with E-state index in [0.29, 0.717) is 0 Å². The first-order chi connectivity index (χ1) is 17.0. The lowest BCUT2D eigenvalue weighted by Gasteiger charge is -2.38. The average molecular weight is 662 g/mol. The lowest BCUT2D eigenvalue weighted by Crippen LogP contribution is -2.56. The Kier molecular flexibility index (Phi) is 8.10. The van der Waals surface area contributed by atoms with Gasteiger partial charge in [-0.2, -0.15) is 101 Å². The Balaban J connectivity index is 4.85. The molecule has 0 aromatic heterocycles. The number of hydrogen-bond acceptors (Lipinski definition) is 2. The first-order valence-electron chi connectivity index (χ1n) is 8.60. The van der Waals surface area contributed by atoms with Gasteiger partial charge in [0.1, 0.15) is 4.90 Å². The fourth-order valence-corrected chi connectivity index (χ4v) is 3.44. The van der Waals surface area contributed by atoms with Crippen molar-refractivity contribution in [2.75, 3.05) is 0 Å². The van der Waals surface area contributed by atoms with E-state index in [1.54, 1.807) is 0 Å². The quantitative estimate of drug-likeness (QED) is 0.240. The van der Waals surface area contributed by atoms with E-state index in [1.807, 2.05) is 0 Å². The van der Waals surface area contributed by atoms with Crippen molar-refractivity contribution in [2.24, 2.45) is 0 Å². The zero-order valence-corrected chi connectivity index (χ0v) is 18.1. The molecule has 0 heterocycles. The van der Waals surface area contributed by atoms with Crippen molar-refractivity contribution < 1.29 is 105 Å². The molecule has 0 aliphatic heterocycles. The first-order valence-corrected chi connectivity index (χ1v) is 10.0. The average Bonchev–Trinajstić information content (AvgIpc) is 2.68. The van der Waals surface area contributed by atoms with E-state index in [-0.39, 0.29) is 0 Å². The zero-order chi connectivity index (χ0) is 32.7.